The summed E-state index contributed by atoms with van der Waals surface area (Å²) >= 11 is 6.46. The topological polar surface area (TPSA) is 32.3 Å². The highest BCUT2D eigenvalue weighted by Gasteiger charge is 2.12. The van der Waals surface area contributed by atoms with Crippen LogP contribution in [-0.4, -0.2) is 30.4 Å². The second kappa shape index (κ2) is 9.37. The Balaban J connectivity index is 2.65. The number of nitrogens with one attached hydrogen (secondary N) is 1. The number of nitrogens with zero attached hydrogens (tertiary/aromatic N) is 1. The molecule has 0 aliphatic carbocycles. The summed E-state index contributed by atoms with van der Waals surface area (Å²) in [6, 6.07) is 7.65. The van der Waals surface area contributed by atoms with Crippen LogP contribution in [0, 0.1) is 0 Å². The van der Waals surface area contributed by atoms with Crippen LogP contribution in [-0.2, 0) is 4.79 Å². The van der Waals surface area contributed by atoms with Gasteiger partial charge in [-0.2, -0.15) is 0 Å². The first kappa shape index (κ1) is 17.5. The second-order valence-corrected chi connectivity index (χ2v) is 5.31. The molecule has 0 fully saturated rings. The molecule has 4 heteroatoms. The van der Waals surface area contributed by atoms with Crippen molar-refractivity contribution in [1.29, 1.82) is 0 Å². The van der Waals surface area contributed by atoms with Gasteiger partial charge in [-0.3, -0.25) is 9.69 Å². The summed E-state index contributed by atoms with van der Waals surface area (Å²) in [6.45, 7) is 11.6. The fraction of sp³-hybridized carbons (Fsp3) is 0.353. The molecular weight excluding hydrogens is 284 g/mol. The highest BCUT2D eigenvalue weighted by atomic mass is 35.5. The Labute approximate surface area is 132 Å². The molecule has 0 heterocycles. The number of rotatable bonds is 9. The van der Waals surface area contributed by atoms with E-state index in [2.05, 4.69) is 23.4 Å². The van der Waals surface area contributed by atoms with E-state index in [4.69, 9.17) is 11.6 Å². The third kappa shape index (κ3) is 6.15. The van der Waals surface area contributed by atoms with Crippen molar-refractivity contribution in [1.82, 2.24) is 4.90 Å². The summed E-state index contributed by atoms with van der Waals surface area (Å²) in [5, 5.41) is 2.71. The third-order valence-corrected chi connectivity index (χ3v) is 3.46. The molecule has 0 saturated heterocycles. The van der Waals surface area contributed by atoms with Gasteiger partial charge in [-0.05, 0) is 17.7 Å². The van der Waals surface area contributed by atoms with Gasteiger partial charge in [-0.15, -0.1) is 24.8 Å². The van der Waals surface area contributed by atoms with Gasteiger partial charge in [0, 0.05) is 31.7 Å². The van der Waals surface area contributed by atoms with Crippen LogP contribution >= 0.6 is 11.6 Å². The minimum Gasteiger partial charge on any atom is -0.326 e. The summed E-state index contributed by atoms with van der Waals surface area (Å²) in [7, 11) is 0. The molecule has 1 aromatic carbocycles. The number of benzene rings is 1. The van der Waals surface area contributed by atoms with Crippen LogP contribution in [0.3, 0.4) is 0 Å². The van der Waals surface area contributed by atoms with Crippen LogP contribution in [0.4, 0.5) is 5.69 Å². The quantitative estimate of drug-likeness (QED) is 0.552. The van der Waals surface area contributed by atoms with Crippen LogP contribution in [0.1, 0.15) is 24.3 Å². The Hall–Kier alpha value is -1.58. The standard InChI is InChI=1S/C17H23ClN2O/c1-4-11-20(12-5-2)13-16(18)14-7-9-15(10-8-14)19-17(21)6-3/h4-5,7-10,16H,1-2,6,11-13H2,3H3,(H,19,21). The second-order valence-electron chi connectivity index (χ2n) is 4.79. The molecule has 0 aromatic heterocycles. The summed E-state index contributed by atoms with van der Waals surface area (Å²) in [4.78, 5) is 13.5. The first-order valence-corrected chi connectivity index (χ1v) is 7.52. The molecule has 0 aliphatic heterocycles. The lowest BCUT2D eigenvalue weighted by Crippen LogP contribution is -2.27. The molecule has 114 valence electrons. The maximum absolute atomic E-state index is 11.3. The molecule has 0 radical (unpaired) electrons. The van der Waals surface area contributed by atoms with E-state index in [1.165, 1.54) is 0 Å². The van der Waals surface area contributed by atoms with Crippen molar-refractivity contribution in [3.8, 4) is 0 Å². The highest BCUT2D eigenvalue weighted by Crippen LogP contribution is 2.23. The van der Waals surface area contributed by atoms with E-state index >= 15 is 0 Å². The van der Waals surface area contributed by atoms with Crippen LogP contribution in [0.5, 0.6) is 0 Å². The number of amides is 1. The molecule has 0 spiro atoms. The number of halogens is 1. The summed E-state index contributed by atoms with van der Waals surface area (Å²) < 4.78 is 0. The van der Waals surface area contributed by atoms with Crippen LogP contribution in [0.25, 0.3) is 0 Å². The summed E-state index contributed by atoms with van der Waals surface area (Å²) in [6.07, 6.45) is 4.19. The first-order chi connectivity index (χ1) is 10.1. The van der Waals surface area contributed by atoms with Crippen molar-refractivity contribution in [3.05, 3.63) is 55.1 Å². The minimum atomic E-state index is -0.110. The Kier molecular flexibility index (Phi) is 7.80. The molecule has 0 saturated carbocycles. The van der Waals surface area contributed by atoms with Crippen molar-refractivity contribution < 1.29 is 4.79 Å². The molecule has 1 unspecified atom stereocenters. The average Bonchev–Trinajstić information content (AvgIpc) is 2.48. The van der Waals surface area contributed by atoms with Crippen molar-refractivity contribution in [3.63, 3.8) is 0 Å². The number of carbonyl (C=O) groups is 1. The van der Waals surface area contributed by atoms with Crippen molar-refractivity contribution in [2.45, 2.75) is 18.7 Å². The zero-order valence-corrected chi connectivity index (χ0v) is 13.3. The van der Waals surface area contributed by atoms with Gasteiger partial charge in [0.05, 0.1) is 5.38 Å². The largest absolute Gasteiger partial charge is 0.326 e. The summed E-state index contributed by atoms with van der Waals surface area (Å²) in [5.74, 6) is 0.00770. The lowest BCUT2D eigenvalue weighted by Gasteiger charge is -2.22. The first-order valence-electron chi connectivity index (χ1n) is 7.08. The van der Waals surface area contributed by atoms with Gasteiger partial charge in [-0.25, -0.2) is 0 Å². The van der Waals surface area contributed by atoms with Crippen molar-refractivity contribution in [2.24, 2.45) is 0 Å². The molecule has 3 nitrogen and oxygen atoms in total. The minimum absolute atomic E-state index is 0.00770. The number of hydrogen-bond donors (Lipinski definition) is 1. The van der Waals surface area contributed by atoms with Gasteiger partial charge >= 0.3 is 0 Å². The van der Waals surface area contributed by atoms with E-state index in [0.717, 1.165) is 30.9 Å². The van der Waals surface area contributed by atoms with Gasteiger partial charge in [0.25, 0.3) is 0 Å². The lowest BCUT2D eigenvalue weighted by molar-refractivity contribution is -0.115. The number of anilines is 1. The summed E-state index contributed by atoms with van der Waals surface area (Å²) in [5.41, 5.74) is 1.83. The normalized spacial score (nSPS) is 12.0. The predicted octanol–water partition coefficient (Wildman–Crippen LogP) is 3.99. The lowest BCUT2D eigenvalue weighted by atomic mass is 10.1. The van der Waals surface area contributed by atoms with E-state index in [1.807, 2.05) is 43.3 Å². The molecular formula is C17H23ClN2O. The maximum atomic E-state index is 11.3. The van der Waals surface area contributed by atoms with Crippen LogP contribution in [0.2, 0.25) is 0 Å². The maximum Gasteiger partial charge on any atom is 0.224 e. The predicted molar refractivity (Wildman–Crippen MR) is 90.8 cm³/mol. The number of hydrogen-bond acceptors (Lipinski definition) is 2. The smallest absolute Gasteiger partial charge is 0.224 e. The molecule has 1 rings (SSSR count). The van der Waals surface area contributed by atoms with E-state index in [0.29, 0.717) is 6.42 Å². The van der Waals surface area contributed by atoms with Gasteiger partial charge in [0.15, 0.2) is 0 Å². The average molecular weight is 307 g/mol. The molecule has 1 N–H and O–H groups in total. The monoisotopic (exact) mass is 306 g/mol. The molecule has 0 bridgehead atoms. The third-order valence-electron chi connectivity index (χ3n) is 3.07. The number of alkyl halides is 1. The highest BCUT2D eigenvalue weighted by molar-refractivity contribution is 6.21. The Morgan fingerprint density at radius 1 is 1.29 bits per heavy atom. The van der Waals surface area contributed by atoms with Crippen molar-refractivity contribution in [2.75, 3.05) is 25.0 Å². The SMILES string of the molecule is C=CCN(CC=C)CC(Cl)c1ccc(NC(=O)CC)cc1. The van der Waals surface area contributed by atoms with E-state index in [9.17, 15) is 4.79 Å². The van der Waals surface area contributed by atoms with Gasteiger partial charge in [0.2, 0.25) is 5.91 Å². The van der Waals surface area contributed by atoms with Crippen LogP contribution in [0.15, 0.2) is 49.6 Å². The Morgan fingerprint density at radius 2 is 1.86 bits per heavy atom. The molecule has 1 atom stereocenters. The fourth-order valence-corrected chi connectivity index (χ4v) is 2.29. The fourth-order valence-electron chi connectivity index (χ4n) is 1.95. The zero-order valence-electron chi connectivity index (χ0n) is 12.5. The zero-order chi connectivity index (χ0) is 15.7. The number of carbonyl (C=O) groups excluding carboxylic acids is 1. The molecule has 1 aromatic rings. The molecule has 21 heavy (non-hydrogen) atoms. The van der Waals surface area contributed by atoms with Gasteiger partial charge in [-0.1, -0.05) is 31.2 Å². The Morgan fingerprint density at radius 3 is 2.33 bits per heavy atom. The molecule has 0 aliphatic rings. The van der Waals surface area contributed by atoms with Crippen LogP contribution < -0.4 is 5.32 Å². The Bertz CT molecular complexity index is 460. The van der Waals surface area contributed by atoms with E-state index in [-0.39, 0.29) is 11.3 Å². The van der Waals surface area contributed by atoms with E-state index in [1.54, 1.807) is 0 Å². The van der Waals surface area contributed by atoms with Gasteiger partial charge in [0.1, 0.15) is 0 Å². The molecule has 1 amide bonds. The van der Waals surface area contributed by atoms with Crippen molar-refractivity contribution >= 4 is 23.2 Å². The van der Waals surface area contributed by atoms with Gasteiger partial charge < -0.3 is 5.32 Å². The van der Waals surface area contributed by atoms with E-state index < -0.39 is 0 Å².